The van der Waals surface area contributed by atoms with E-state index in [0.717, 1.165) is 5.69 Å². The maximum Gasteiger partial charge on any atom is 0.266 e. The molecule has 9 heteroatoms. The van der Waals surface area contributed by atoms with Crippen LogP contribution in [-0.4, -0.2) is 55.4 Å². The molecule has 29 heavy (non-hydrogen) atoms. The zero-order valence-electron chi connectivity index (χ0n) is 17.0. The number of benzene rings is 1. The normalized spacial score (nSPS) is 16.0. The van der Waals surface area contributed by atoms with E-state index in [2.05, 4.69) is 5.10 Å². The summed E-state index contributed by atoms with van der Waals surface area (Å²) in [6.45, 7) is 8.18. The molecule has 8 nitrogen and oxygen atoms in total. The SMILES string of the molecule is CC(C)(C)c1ccc(=O)n(CCOc2ccc(S(=O)(=O)N3CCOCC3)cc2)n1. The van der Waals surface area contributed by atoms with Gasteiger partial charge in [-0.25, -0.2) is 13.1 Å². The van der Waals surface area contributed by atoms with Crippen LogP contribution in [0, 0.1) is 0 Å². The van der Waals surface area contributed by atoms with Crippen LogP contribution in [0.3, 0.4) is 0 Å². The maximum absolute atomic E-state index is 12.6. The Balaban J connectivity index is 1.62. The molecule has 1 fully saturated rings. The Morgan fingerprint density at radius 1 is 1.07 bits per heavy atom. The Kier molecular flexibility index (Phi) is 6.40. The largest absolute Gasteiger partial charge is 0.492 e. The van der Waals surface area contributed by atoms with Crippen molar-refractivity contribution in [3.8, 4) is 5.75 Å². The van der Waals surface area contributed by atoms with Gasteiger partial charge in [-0.3, -0.25) is 4.79 Å². The van der Waals surface area contributed by atoms with Gasteiger partial charge in [0, 0.05) is 24.6 Å². The number of ether oxygens (including phenoxy) is 2. The minimum Gasteiger partial charge on any atom is -0.492 e. The first-order valence-electron chi connectivity index (χ1n) is 9.57. The van der Waals surface area contributed by atoms with E-state index < -0.39 is 10.0 Å². The van der Waals surface area contributed by atoms with Crippen LogP contribution >= 0.6 is 0 Å². The van der Waals surface area contributed by atoms with Crippen LogP contribution < -0.4 is 10.3 Å². The molecule has 1 aromatic carbocycles. The molecule has 0 radical (unpaired) electrons. The molecule has 0 aliphatic carbocycles. The Bertz CT molecular complexity index is 988. The Hall–Kier alpha value is -2.23. The summed E-state index contributed by atoms with van der Waals surface area (Å²) >= 11 is 0. The Labute approximate surface area is 171 Å². The van der Waals surface area contributed by atoms with E-state index >= 15 is 0 Å². The highest BCUT2D eigenvalue weighted by Gasteiger charge is 2.26. The second-order valence-electron chi connectivity index (χ2n) is 7.87. The molecule has 1 aromatic heterocycles. The highest BCUT2D eigenvalue weighted by molar-refractivity contribution is 7.89. The van der Waals surface area contributed by atoms with E-state index in [1.807, 2.05) is 20.8 Å². The number of rotatable bonds is 6. The zero-order valence-corrected chi connectivity index (χ0v) is 17.8. The lowest BCUT2D eigenvalue weighted by molar-refractivity contribution is 0.0730. The van der Waals surface area contributed by atoms with Crippen LogP contribution in [0.1, 0.15) is 26.5 Å². The van der Waals surface area contributed by atoms with Gasteiger partial charge >= 0.3 is 0 Å². The molecule has 0 atom stereocenters. The van der Waals surface area contributed by atoms with Crippen molar-refractivity contribution in [3.63, 3.8) is 0 Å². The van der Waals surface area contributed by atoms with Gasteiger partial charge in [0.1, 0.15) is 12.4 Å². The van der Waals surface area contributed by atoms with Gasteiger partial charge in [-0.15, -0.1) is 0 Å². The number of hydrogen-bond acceptors (Lipinski definition) is 6. The summed E-state index contributed by atoms with van der Waals surface area (Å²) < 4.78 is 39.0. The monoisotopic (exact) mass is 421 g/mol. The van der Waals surface area contributed by atoms with Crippen LogP contribution in [0.2, 0.25) is 0 Å². The topological polar surface area (TPSA) is 90.7 Å². The molecule has 0 N–H and O–H groups in total. The Morgan fingerprint density at radius 3 is 2.34 bits per heavy atom. The average Bonchev–Trinajstić information content (AvgIpc) is 2.69. The van der Waals surface area contributed by atoms with E-state index in [1.54, 1.807) is 18.2 Å². The van der Waals surface area contributed by atoms with Crippen molar-refractivity contribution < 1.29 is 17.9 Å². The quantitative estimate of drug-likeness (QED) is 0.704. The summed E-state index contributed by atoms with van der Waals surface area (Å²) in [5.74, 6) is 0.533. The molecule has 0 spiro atoms. The van der Waals surface area contributed by atoms with Crippen LogP contribution in [0.4, 0.5) is 0 Å². The molecule has 0 unspecified atom stereocenters. The first-order valence-corrected chi connectivity index (χ1v) is 11.0. The summed E-state index contributed by atoms with van der Waals surface area (Å²) in [6.07, 6.45) is 0. The van der Waals surface area contributed by atoms with E-state index in [4.69, 9.17) is 9.47 Å². The smallest absolute Gasteiger partial charge is 0.266 e. The number of sulfonamides is 1. The lowest BCUT2D eigenvalue weighted by Gasteiger charge is -2.26. The molecule has 0 amide bonds. The molecular weight excluding hydrogens is 394 g/mol. The van der Waals surface area contributed by atoms with Crippen LogP contribution in [-0.2, 0) is 26.7 Å². The maximum atomic E-state index is 12.6. The van der Waals surface area contributed by atoms with Crippen molar-refractivity contribution in [1.29, 1.82) is 0 Å². The third-order valence-electron chi connectivity index (χ3n) is 4.64. The van der Waals surface area contributed by atoms with Crippen molar-refractivity contribution in [3.05, 3.63) is 52.4 Å². The van der Waals surface area contributed by atoms with Gasteiger partial charge in [-0.05, 0) is 30.3 Å². The minimum absolute atomic E-state index is 0.155. The fraction of sp³-hybridized carbons (Fsp3) is 0.500. The standard InChI is InChI=1S/C20H27N3O5S/c1-20(2,3)18-8-9-19(24)23(21-18)12-15-28-16-4-6-17(7-5-16)29(25,26)22-10-13-27-14-11-22/h4-9H,10-15H2,1-3H3. The first kappa shape index (κ1) is 21.5. The predicted molar refractivity (Wildman–Crippen MR) is 109 cm³/mol. The molecule has 1 aliphatic heterocycles. The number of hydrogen-bond donors (Lipinski definition) is 0. The van der Waals surface area contributed by atoms with Gasteiger partial charge in [0.2, 0.25) is 10.0 Å². The summed E-state index contributed by atoms with van der Waals surface area (Å²) in [4.78, 5) is 12.2. The number of nitrogens with zero attached hydrogens (tertiary/aromatic N) is 3. The summed E-state index contributed by atoms with van der Waals surface area (Å²) in [6, 6.07) is 9.56. The third kappa shape index (κ3) is 5.23. The number of morpholine rings is 1. The lowest BCUT2D eigenvalue weighted by atomic mass is 9.92. The Morgan fingerprint density at radius 2 is 1.72 bits per heavy atom. The molecule has 3 rings (SSSR count). The van der Waals surface area contributed by atoms with E-state index in [-0.39, 0.29) is 22.5 Å². The van der Waals surface area contributed by atoms with Crippen LogP contribution in [0.15, 0.2) is 46.1 Å². The summed E-state index contributed by atoms with van der Waals surface area (Å²) in [5.41, 5.74) is 0.487. The van der Waals surface area contributed by atoms with Gasteiger partial charge < -0.3 is 9.47 Å². The van der Waals surface area contributed by atoms with Crippen molar-refractivity contribution in [2.75, 3.05) is 32.9 Å². The fourth-order valence-corrected chi connectivity index (χ4v) is 4.31. The van der Waals surface area contributed by atoms with Gasteiger partial charge in [0.15, 0.2) is 0 Å². The average molecular weight is 422 g/mol. The molecule has 1 saturated heterocycles. The lowest BCUT2D eigenvalue weighted by Crippen LogP contribution is -2.40. The highest BCUT2D eigenvalue weighted by atomic mass is 32.2. The zero-order chi connectivity index (χ0) is 21.1. The van der Waals surface area contributed by atoms with Gasteiger partial charge in [0.05, 0.1) is 30.3 Å². The van der Waals surface area contributed by atoms with Crippen molar-refractivity contribution in [2.45, 2.75) is 37.6 Å². The second kappa shape index (κ2) is 8.64. The van der Waals surface area contributed by atoms with Crippen LogP contribution in [0.5, 0.6) is 5.75 Å². The molecule has 0 saturated carbocycles. The molecule has 2 aromatic rings. The van der Waals surface area contributed by atoms with Gasteiger partial charge in [-0.1, -0.05) is 20.8 Å². The van der Waals surface area contributed by atoms with Crippen LogP contribution in [0.25, 0.3) is 0 Å². The molecule has 0 bridgehead atoms. The predicted octanol–water partition coefficient (Wildman–Crippen LogP) is 1.64. The third-order valence-corrected chi connectivity index (χ3v) is 6.55. The highest BCUT2D eigenvalue weighted by Crippen LogP contribution is 2.21. The number of aromatic nitrogens is 2. The second-order valence-corrected chi connectivity index (χ2v) is 9.80. The molecule has 1 aliphatic rings. The van der Waals surface area contributed by atoms with E-state index in [0.29, 0.717) is 38.6 Å². The molecule has 2 heterocycles. The van der Waals surface area contributed by atoms with Gasteiger partial charge in [-0.2, -0.15) is 9.40 Å². The molecule has 158 valence electrons. The summed E-state index contributed by atoms with van der Waals surface area (Å²) in [5, 5.41) is 4.40. The van der Waals surface area contributed by atoms with Crippen molar-refractivity contribution in [1.82, 2.24) is 14.1 Å². The summed E-state index contributed by atoms with van der Waals surface area (Å²) in [7, 11) is -3.52. The van der Waals surface area contributed by atoms with E-state index in [9.17, 15) is 13.2 Å². The molecular formula is C20H27N3O5S. The van der Waals surface area contributed by atoms with E-state index in [1.165, 1.54) is 27.2 Å². The van der Waals surface area contributed by atoms with Crippen molar-refractivity contribution >= 4 is 10.0 Å². The minimum atomic E-state index is -3.52. The van der Waals surface area contributed by atoms with Gasteiger partial charge in [0.25, 0.3) is 5.56 Å². The van der Waals surface area contributed by atoms with Crippen molar-refractivity contribution in [2.24, 2.45) is 0 Å². The first-order chi connectivity index (χ1) is 13.7. The fourth-order valence-electron chi connectivity index (χ4n) is 2.90.